The fourth-order valence-electron chi connectivity index (χ4n) is 7.29. The van der Waals surface area contributed by atoms with Gasteiger partial charge in [-0.05, 0) is 92.7 Å². The first-order valence-electron chi connectivity index (χ1n) is 13.3. The second-order valence-electron chi connectivity index (χ2n) is 11.1. The highest BCUT2D eigenvalue weighted by atomic mass is 32.2. The van der Waals surface area contributed by atoms with Gasteiger partial charge in [-0.3, -0.25) is 9.59 Å². The number of hydrogen-bond acceptors (Lipinski definition) is 5. The fraction of sp³-hybridized carbons (Fsp3) is 0.517. The van der Waals surface area contributed by atoms with E-state index in [0.717, 1.165) is 79.6 Å². The number of carbonyl (C=O) groups is 2. The van der Waals surface area contributed by atoms with E-state index in [0.29, 0.717) is 11.3 Å². The average molecular weight is 506 g/mol. The molecule has 2 aromatic rings. The van der Waals surface area contributed by atoms with Gasteiger partial charge in [0.25, 0.3) is 5.91 Å². The Labute approximate surface area is 217 Å². The Bertz CT molecular complexity index is 1080. The Morgan fingerprint density at radius 1 is 0.917 bits per heavy atom. The van der Waals surface area contributed by atoms with Crippen molar-refractivity contribution in [2.45, 2.75) is 49.0 Å². The highest BCUT2D eigenvalue weighted by Gasteiger charge is 2.51. The van der Waals surface area contributed by atoms with E-state index in [2.05, 4.69) is 15.5 Å². The highest BCUT2D eigenvalue weighted by molar-refractivity contribution is 8.00. The average Bonchev–Trinajstić information content (AvgIpc) is 2.87. The zero-order chi connectivity index (χ0) is 24.5. The number of ether oxygens (including phenoxy) is 1. The number of rotatable bonds is 7. The number of morpholine rings is 1. The number of anilines is 2. The molecule has 36 heavy (non-hydrogen) atoms. The van der Waals surface area contributed by atoms with Crippen LogP contribution in [0.3, 0.4) is 0 Å². The van der Waals surface area contributed by atoms with E-state index in [1.807, 2.05) is 48.5 Å². The van der Waals surface area contributed by atoms with Gasteiger partial charge in [-0.2, -0.15) is 0 Å². The van der Waals surface area contributed by atoms with E-state index in [1.165, 1.54) is 31.0 Å². The molecule has 1 saturated heterocycles. The van der Waals surface area contributed by atoms with Crippen LogP contribution >= 0.6 is 11.8 Å². The largest absolute Gasteiger partial charge is 0.378 e. The molecule has 1 heterocycles. The van der Waals surface area contributed by atoms with Gasteiger partial charge in [-0.15, -0.1) is 11.8 Å². The van der Waals surface area contributed by atoms with Crippen LogP contribution in [0.25, 0.3) is 0 Å². The van der Waals surface area contributed by atoms with Gasteiger partial charge in [-0.1, -0.05) is 12.1 Å². The minimum Gasteiger partial charge on any atom is -0.378 e. The Kier molecular flexibility index (Phi) is 6.69. The monoisotopic (exact) mass is 505 g/mol. The molecule has 2 N–H and O–H groups in total. The third-order valence-corrected chi connectivity index (χ3v) is 9.51. The number of carbonyl (C=O) groups excluding carboxylic acids is 2. The van der Waals surface area contributed by atoms with Crippen molar-refractivity contribution >= 4 is 35.0 Å². The van der Waals surface area contributed by atoms with Crippen molar-refractivity contribution in [1.82, 2.24) is 5.32 Å². The molecule has 7 heteroatoms. The van der Waals surface area contributed by atoms with E-state index in [9.17, 15) is 9.59 Å². The van der Waals surface area contributed by atoms with Crippen LogP contribution in [0.5, 0.6) is 0 Å². The zero-order valence-corrected chi connectivity index (χ0v) is 21.5. The molecule has 7 rings (SSSR count). The number of nitrogens with one attached hydrogen (secondary N) is 2. The molecular formula is C29H35N3O3S. The van der Waals surface area contributed by atoms with Gasteiger partial charge in [0.2, 0.25) is 5.91 Å². The van der Waals surface area contributed by atoms with Crippen molar-refractivity contribution in [1.29, 1.82) is 0 Å². The molecule has 1 aliphatic heterocycles. The Morgan fingerprint density at radius 3 is 2.22 bits per heavy atom. The minimum absolute atomic E-state index is 0.0245. The van der Waals surface area contributed by atoms with Gasteiger partial charge < -0.3 is 20.3 Å². The van der Waals surface area contributed by atoms with Crippen molar-refractivity contribution in [3.8, 4) is 0 Å². The Morgan fingerprint density at radius 2 is 1.56 bits per heavy atom. The second kappa shape index (κ2) is 10.1. The summed E-state index contributed by atoms with van der Waals surface area (Å²) >= 11 is 1.45. The third-order valence-electron chi connectivity index (χ3n) is 8.43. The number of benzene rings is 2. The summed E-state index contributed by atoms with van der Waals surface area (Å²) in [7, 11) is 0. The lowest BCUT2D eigenvalue weighted by Gasteiger charge is -2.56. The molecule has 2 amide bonds. The lowest BCUT2D eigenvalue weighted by atomic mass is 9.53. The molecule has 5 aliphatic rings. The molecule has 4 saturated carbocycles. The number of nitrogens with zero attached hydrogens (tertiary/aromatic N) is 1. The predicted molar refractivity (Wildman–Crippen MR) is 144 cm³/mol. The normalized spacial score (nSPS) is 28.7. The Balaban J connectivity index is 1.06. The maximum atomic E-state index is 13.1. The first-order valence-corrected chi connectivity index (χ1v) is 14.3. The van der Waals surface area contributed by atoms with Gasteiger partial charge in [-0.25, -0.2) is 0 Å². The van der Waals surface area contributed by atoms with Gasteiger partial charge in [0.05, 0.1) is 24.5 Å². The molecule has 0 radical (unpaired) electrons. The zero-order valence-electron chi connectivity index (χ0n) is 20.7. The lowest BCUT2D eigenvalue weighted by molar-refractivity contribution is -0.124. The second-order valence-corrected chi connectivity index (χ2v) is 12.1. The van der Waals surface area contributed by atoms with E-state index < -0.39 is 0 Å². The van der Waals surface area contributed by atoms with Gasteiger partial charge in [0.15, 0.2) is 0 Å². The number of thioether (sulfide) groups is 1. The fourth-order valence-corrected chi connectivity index (χ4v) is 8.14. The van der Waals surface area contributed by atoms with Crippen LogP contribution in [0.1, 0.15) is 48.9 Å². The summed E-state index contributed by atoms with van der Waals surface area (Å²) < 4.78 is 5.43. The van der Waals surface area contributed by atoms with Crippen LogP contribution in [0.15, 0.2) is 53.4 Å². The summed E-state index contributed by atoms with van der Waals surface area (Å²) in [4.78, 5) is 29.2. The Hall–Kier alpha value is -2.51. The number of hydrogen-bond donors (Lipinski definition) is 2. The summed E-state index contributed by atoms with van der Waals surface area (Å²) in [5.41, 5.74) is 2.52. The smallest absolute Gasteiger partial charge is 0.256 e. The first-order chi connectivity index (χ1) is 17.6. The quantitative estimate of drug-likeness (QED) is 0.521. The van der Waals surface area contributed by atoms with Crippen LogP contribution in [0.2, 0.25) is 0 Å². The molecule has 6 nitrogen and oxygen atoms in total. The van der Waals surface area contributed by atoms with E-state index in [1.54, 1.807) is 0 Å². The van der Waals surface area contributed by atoms with Crippen LogP contribution in [-0.2, 0) is 9.53 Å². The van der Waals surface area contributed by atoms with E-state index in [4.69, 9.17) is 4.74 Å². The van der Waals surface area contributed by atoms with Gasteiger partial charge >= 0.3 is 0 Å². The molecule has 0 unspecified atom stereocenters. The summed E-state index contributed by atoms with van der Waals surface area (Å²) in [6.07, 6.45) is 7.54. The first kappa shape index (κ1) is 23.9. The molecule has 5 fully saturated rings. The van der Waals surface area contributed by atoms with Gasteiger partial charge in [0, 0.05) is 34.9 Å². The van der Waals surface area contributed by atoms with E-state index in [-0.39, 0.29) is 17.4 Å². The summed E-state index contributed by atoms with van der Waals surface area (Å²) in [6.45, 7) is 3.25. The van der Waals surface area contributed by atoms with Gasteiger partial charge in [0.1, 0.15) is 0 Å². The molecule has 4 bridgehead atoms. The predicted octanol–water partition coefficient (Wildman–Crippen LogP) is 4.95. The molecule has 190 valence electrons. The van der Waals surface area contributed by atoms with E-state index >= 15 is 0 Å². The minimum atomic E-state index is -0.154. The standard InChI is InChI=1S/C29H35N3O3S/c33-27(31-29-16-20-13-21(17-29)15-22(14-20)18-29)19-36-26-4-2-1-3-25(26)28(34)30-23-5-7-24(8-6-23)32-9-11-35-12-10-32/h1-8,20-22H,9-19H2,(H,30,34)(H,31,33). The lowest BCUT2D eigenvalue weighted by Crippen LogP contribution is -2.60. The third kappa shape index (κ3) is 5.14. The maximum Gasteiger partial charge on any atom is 0.256 e. The van der Waals surface area contributed by atoms with Crippen molar-refractivity contribution < 1.29 is 14.3 Å². The van der Waals surface area contributed by atoms with Crippen molar-refractivity contribution in [2.24, 2.45) is 17.8 Å². The number of amides is 2. The van der Waals surface area contributed by atoms with Crippen molar-refractivity contribution in [2.75, 3.05) is 42.3 Å². The van der Waals surface area contributed by atoms with Crippen LogP contribution in [0.4, 0.5) is 11.4 Å². The van der Waals surface area contributed by atoms with Crippen molar-refractivity contribution in [3.05, 3.63) is 54.1 Å². The maximum absolute atomic E-state index is 13.1. The van der Waals surface area contributed by atoms with Crippen LogP contribution in [-0.4, -0.2) is 49.4 Å². The summed E-state index contributed by atoms with van der Waals surface area (Å²) in [6, 6.07) is 15.5. The summed E-state index contributed by atoms with van der Waals surface area (Å²) in [5.74, 6) is 2.68. The topological polar surface area (TPSA) is 70.7 Å². The SMILES string of the molecule is O=C(CSc1ccccc1C(=O)Nc1ccc(N2CCOCC2)cc1)NC12CC3CC(CC(C3)C1)C2. The molecule has 2 aromatic carbocycles. The van der Waals surface area contributed by atoms with Crippen LogP contribution < -0.4 is 15.5 Å². The highest BCUT2D eigenvalue weighted by Crippen LogP contribution is 2.55. The molecule has 0 atom stereocenters. The summed E-state index contributed by atoms with van der Waals surface area (Å²) in [5, 5.41) is 6.47. The molecule has 4 aliphatic carbocycles. The van der Waals surface area contributed by atoms with Crippen molar-refractivity contribution in [3.63, 3.8) is 0 Å². The molecule has 0 aromatic heterocycles. The molecule has 0 spiro atoms. The van der Waals surface area contributed by atoms with Crippen LogP contribution in [0, 0.1) is 17.8 Å². The molecular weight excluding hydrogens is 470 g/mol.